The van der Waals surface area contributed by atoms with Gasteiger partial charge in [-0.05, 0) is 12.1 Å². The van der Waals surface area contributed by atoms with Crippen molar-refractivity contribution in [2.45, 2.75) is 0 Å². The van der Waals surface area contributed by atoms with E-state index in [-0.39, 0.29) is 17.1 Å². The van der Waals surface area contributed by atoms with Gasteiger partial charge in [-0.15, -0.1) is 0 Å². The van der Waals surface area contributed by atoms with Crippen molar-refractivity contribution < 1.29 is 22.7 Å². The van der Waals surface area contributed by atoms with Gasteiger partial charge >= 0.3 is 0 Å². The Labute approximate surface area is 113 Å². The monoisotopic (exact) mass is 308 g/mol. The molecule has 0 heterocycles. The van der Waals surface area contributed by atoms with Crippen LogP contribution in [0.15, 0.2) is 18.2 Å². The second-order valence-electron chi connectivity index (χ2n) is 3.47. The van der Waals surface area contributed by atoms with E-state index < -0.39 is 32.4 Å². The Morgan fingerprint density at radius 3 is 2.63 bits per heavy atom. The number of hydrogen-bond donors (Lipinski definition) is 2. The van der Waals surface area contributed by atoms with Crippen LogP contribution in [0.25, 0.3) is 0 Å². The van der Waals surface area contributed by atoms with E-state index in [0.717, 1.165) is 6.07 Å². The zero-order chi connectivity index (χ0) is 14.6. The molecule has 0 saturated heterocycles. The van der Waals surface area contributed by atoms with Gasteiger partial charge in [0, 0.05) is 18.2 Å². The van der Waals surface area contributed by atoms with Crippen molar-refractivity contribution in [2.75, 3.05) is 12.3 Å². The molecule has 0 unspecified atom stereocenters. The van der Waals surface area contributed by atoms with Crippen molar-refractivity contribution in [1.82, 2.24) is 5.32 Å². The van der Waals surface area contributed by atoms with E-state index >= 15 is 0 Å². The van der Waals surface area contributed by atoms with Crippen LogP contribution in [0.1, 0.15) is 10.4 Å². The van der Waals surface area contributed by atoms with E-state index in [2.05, 4.69) is 5.32 Å². The van der Waals surface area contributed by atoms with Gasteiger partial charge in [-0.25, -0.2) is 0 Å². The highest BCUT2D eigenvalue weighted by atomic mass is 35.5. The summed E-state index contributed by atoms with van der Waals surface area (Å²) in [6.45, 7) is -0.311. The van der Waals surface area contributed by atoms with Crippen LogP contribution < -0.4 is 5.32 Å². The van der Waals surface area contributed by atoms with Gasteiger partial charge < -0.3 is 5.32 Å². The standard InChI is InChI=1S/C9H9ClN2O6S/c10-7-2-1-6(5-8(7)12(14)15)9(13)11-3-4-19(16,17)18/h1-2,5H,3-4H2,(H,11,13)(H,16,17,18). The average molecular weight is 309 g/mol. The molecule has 0 fully saturated rings. The van der Waals surface area contributed by atoms with Crippen LogP contribution in [0.3, 0.4) is 0 Å². The van der Waals surface area contributed by atoms with Crippen LogP contribution in [0.4, 0.5) is 5.69 Å². The van der Waals surface area contributed by atoms with Crippen LogP contribution >= 0.6 is 11.6 Å². The van der Waals surface area contributed by atoms with Crippen molar-refractivity contribution in [2.24, 2.45) is 0 Å². The molecule has 0 aliphatic carbocycles. The first-order chi connectivity index (χ1) is 8.70. The van der Waals surface area contributed by atoms with Crippen LogP contribution in [0.2, 0.25) is 5.02 Å². The van der Waals surface area contributed by atoms with E-state index in [1.54, 1.807) is 0 Å². The predicted molar refractivity (Wildman–Crippen MR) is 66.9 cm³/mol. The molecule has 19 heavy (non-hydrogen) atoms. The first-order valence-corrected chi connectivity index (χ1v) is 6.87. The van der Waals surface area contributed by atoms with Crippen molar-refractivity contribution in [3.05, 3.63) is 38.9 Å². The van der Waals surface area contributed by atoms with E-state index in [1.165, 1.54) is 12.1 Å². The molecule has 0 aliphatic heterocycles. The highest BCUT2D eigenvalue weighted by Crippen LogP contribution is 2.24. The van der Waals surface area contributed by atoms with E-state index in [0.29, 0.717) is 0 Å². The minimum atomic E-state index is -4.17. The van der Waals surface area contributed by atoms with Crippen LogP contribution in [0.5, 0.6) is 0 Å². The van der Waals surface area contributed by atoms with Gasteiger partial charge in [0.05, 0.1) is 10.7 Å². The van der Waals surface area contributed by atoms with Crippen molar-refractivity contribution in [3.63, 3.8) is 0 Å². The van der Waals surface area contributed by atoms with Gasteiger partial charge in [-0.2, -0.15) is 8.42 Å². The number of nitrogens with one attached hydrogen (secondary N) is 1. The second-order valence-corrected chi connectivity index (χ2v) is 5.44. The molecule has 104 valence electrons. The van der Waals surface area contributed by atoms with Crippen molar-refractivity contribution >= 4 is 33.3 Å². The molecule has 8 nitrogen and oxygen atoms in total. The van der Waals surface area contributed by atoms with E-state index in [4.69, 9.17) is 16.2 Å². The maximum absolute atomic E-state index is 11.6. The molecule has 0 radical (unpaired) electrons. The quantitative estimate of drug-likeness (QED) is 0.472. The Hall–Kier alpha value is -1.71. The molecule has 1 rings (SSSR count). The van der Waals surface area contributed by atoms with Gasteiger partial charge in [0.1, 0.15) is 5.02 Å². The third kappa shape index (κ3) is 4.81. The lowest BCUT2D eigenvalue weighted by atomic mass is 10.2. The summed E-state index contributed by atoms with van der Waals surface area (Å²) in [4.78, 5) is 21.4. The number of nitrogens with zero attached hydrogens (tertiary/aromatic N) is 1. The summed E-state index contributed by atoms with van der Waals surface area (Å²) in [5.41, 5.74) is -0.462. The second kappa shape index (κ2) is 5.95. The number of rotatable bonds is 5. The average Bonchev–Trinajstić information content (AvgIpc) is 2.27. The fourth-order valence-electron chi connectivity index (χ4n) is 1.19. The molecule has 0 atom stereocenters. The Morgan fingerprint density at radius 1 is 1.47 bits per heavy atom. The molecule has 1 amide bonds. The zero-order valence-corrected chi connectivity index (χ0v) is 10.9. The molecule has 0 bridgehead atoms. The SMILES string of the molecule is O=C(NCCS(=O)(=O)O)c1ccc(Cl)c([N+](=O)[O-])c1. The van der Waals surface area contributed by atoms with Gasteiger partial charge in [-0.3, -0.25) is 19.5 Å². The molecule has 0 aliphatic rings. The molecule has 10 heteroatoms. The maximum Gasteiger partial charge on any atom is 0.288 e. The van der Waals surface area contributed by atoms with Gasteiger partial charge in [0.25, 0.3) is 21.7 Å². The van der Waals surface area contributed by atoms with Crippen molar-refractivity contribution in [3.8, 4) is 0 Å². The molecule has 1 aromatic carbocycles. The number of amides is 1. The Balaban J connectivity index is 2.78. The Morgan fingerprint density at radius 2 is 2.11 bits per heavy atom. The molecule has 0 aromatic heterocycles. The maximum atomic E-state index is 11.6. The topological polar surface area (TPSA) is 127 Å². The van der Waals surface area contributed by atoms with Crippen LogP contribution in [-0.2, 0) is 10.1 Å². The number of carbonyl (C=O) groups excluding carboxylic acids is 1. The highest BCUT2D eigenvalue weighted by molar-refractivity contribution is 7.85. The third-order valence-electron chi connectivity index (χ3n) is 2.05. The van der Waals surface area contributed by atoms with Crippen molar-refractivity contribution in [1.29, 1.82) is 0 Å². The number of halogens is 1. The minimum absolute atomic E-state index is 0.0357. The fourth-order valence-corrected chi connectivity index (χ4v) is 1.74. The number of nitro groups is 1. The van der Waals surface area contributed by atoms with Crippen LogP contribution in [0, 0.1) is 10.1 Å². The lowest BCUT2D eigenvalue weighted by Crippen LogP contribution is -2.28. The Bertz CT molecular complexity index is 615. The first kappa shape index (κ1) is 15.3. The van der Waals surface area contributed by atoms with E-state index in [9.17, 15) is 23.3 Å². The Kier molecular flexibility index (Phi) is 4.81. The lowest BCUT2D eigenvalue weighted by molar-refractivity contribution is -0.384. The predicted octanol–water partition coefficient (Wildman–Crippen LogP) is 0.866. The summed E-state index contributed by atoms with van der Waals surface area (Å²) in [5.74, 6) is -1.35. The molecular weight excluding hydrogens is 300 g/mol. The zero-order valence-electron chi connectivity index (χ0n) is 9.37. The summed E-state index contributed by atoms with van der Waals surface area (Å²) in [7, 11) is -4.17. The molecule has 1 aromatic rings. The molecule has 0 spiro atoms. The lowest BCUT2D eigenvalue weighted by Gasteiger charge is -2.04. The molecular formula is C9H9ClN2O6S. The smallest absolute Gasteiger partial charge is 0.288 e. The van der Waals surface area contributed by atoms with Crippen LogP contribution in [-0.4, -0.2) is 36.1 Å². The normalized spacial score (nSPS) is 11.1. The number of carbonyl (C=O) groups is 1. The summed E-state index contributed by atoms with van der Waals surface area (Å²) in [6, 6.07) is 3.43. The van der Waals surface area contributed by atoms with E-state index in [1.807, 2.05) is 0 Å². The summed E-state index contributed by atoms with van der Waals surface area (Å²) in [6.07, 6.45) is 0. The fraction of sp³-hybridized carbons (Fsp3) is 0.222. The molecule has 0 saturated carbocycles. The summed E-state index contributed by atoms with van der Waals surface area (Å²) in [5, 5.41) is 12.7. The first-order valence-electron chi connectivity index (χ1n) is 4.88. The number of nitro benzene ring substituents is 1. The van der Waals surface area contributed by atoms with Gasteiger partial charge in [0.15, 0.2) is 0 Å². The molecule has 2 N–H and O–H groups in total. The third-order valence-corrected chi connectivity index (χ3v) is 3.09. The summed E-state index contributed by atoms with van der Waals surface area (Å²) >= 11 is 5.57. The van der Waals surface area contributed by atoms with Gasteiger partial charge in [-0.1, -0.05) is 11.6 Å². The minimum Gasteiger partial charge on any atom is -0.351 e. The summed E-state index contributed by atoms with van der Waals surface area (Å²) < 4.78 is 29.3. The largest absolute Gasteiger partial charge is 0.351 e. The number of benzene rings is 1. The van der Waals surface area contributed by atoms with Gasteiger partial charge in [0.2, 0.25) is 0 Å². The number of hydrogen-bond acceptors (Lipinski definition) is 5. The highest BCUT2D eigenvalue weighted by Gasteiger charge is 2.16.